The van der Waals surface area contributed by atoms with Gasteiger partial charge in [0.15, 0.2) is 0 Å². The topological polar surface area (TPSA) is 55.9 Å². The molecule has 0 fully saturated rings. The van der Waals surface area contributed by atoms with Crippen LogP contribution in [0.1, 0.15) is 36.7 Å². The SMILES string of the molecule is CC(C)n1ccc(CC(NN)C2Cc3ccccc3C2)n1. The van der Waals surface area contributed by atoms with Crippen LogP contribution < -0.4 is 11.3 Å². The van der Waals surface area contributed by atoms with Gasteiger partial charge >= 0.3 is 0 Å². The van der Waals surface area contributed by atoms with Crippen molar-refractivity contribution in [2.24, 2.45) is 11.8 Å². The third kappa shape index (κ3) is 3.01. The summed E-state index contributed by atoms with van der Waals surface area (Å²) in [4.78, 5) is 0. The van der Waals surface area contributed by atoms with E-state index in [1.165, 1.54) is 11.1 Å². The van der Waals surface area contributed by atoms with Crippen LogP contribution in [0.2, 0.25) is 0 Å². The smallest absolute Gasteiger partial charge is 0.0640 e. The van der Waals surface area contributed by atoms with Crippen LogP contribution in [0, 0.1) is 5.92 Å². The van der Waals surface area contributed by atoms with Crippen molar-refractivity contribution in [3.8, 4) is 0 Å². The molecule has 0 amide bonds. The fraction of sp³-hybridized carbons (Fsp3) is 0.471. The van der Waals surface area contributed by atoms with E-state index in [-0.39, 0.29) is 6.04 Å². The van der Waals surface area contributed by atoms with Gasteiger partial charge in [-0.1, -0.05) is 24.3 Å². The predicted octanol–water partition coefficient (Wildman–Crippen LogP) is 2.25. The van der Waals surface area contributed by atoms with Gasteiger partial charge < -0.3 is 0 Å². The molecule has 0 saturated carbocycles. The maximum absolute atomic E-state index is 5.82. The number of benzene rings is 1. The van der Waals surface area contributed by atoms with Crippen molar-refractivity contribution in [2.75, 3.05) is 0 Å². The van der Waals surface area contributed by atoms with Crippen molar-refractivity contribution < 1.29 is 0 Å². The average molecular weight is 284 g/mol. The Labute approximate surface area is 126 Å². The highest BCUT2D eigenvalue weighted by Gasteiger charge is 2.28. The zero-order valence-electron chi connectivity index (χ0n) is 12.8. The number of aromatic nitrogens is 2. The molecule has 0 bridgehead atoms. The summed E-state index contributed by atoms with van der Waals surface area (Å²) in [6.45, 7) is 4.28. The van der Waals surface area contributed by atoms with E-state index in [9.17, 15) is 0 Å². The number of hydrogen-bond donors (Lipinski definition) is 2. The van der Waals surface area contributed by atoms with Gasteiger partial charge in [-0.25, -0.2) is 0 Å². The second-order valence-electron chi connectivity index (χ2n) is 6.30. The highest BCUT2D eigenvalue weighted by molar-refractivity contribution is 5.32. The van der Waals surface area contributed by atoms with Gasteiger partial charge in [0.25, 0.3) is 0 Å². The van der Waals surface area contributed by atoms with Crippen molar-refractivity contribution in [1.29, 1.82) is 0 Å². The van der Waals surface area contributed by atoms with Crippen molar-refractivity contribution in [1.82, 2.24) is 15.2 Å². The first-order valence-corrected chi connectivity index (χ1v) is 7.74. The lowest BCUT2D eigenvalue weighted by atomic mass is 9.93. The molecular weight excluding hydrogens is 260 g/mol. The summed E-state index contributed by atoms with van der Waals surface area (Å²) in [6.07, 6.45) is 5.15. The molecule has 112 valence electrons. The Balaban J connectivity index is 1.69. The quantitative estimate of drug-likeness (QED) is 0.654. The van der Waals surface area contributed by atoms with E-state index >= 15 is 0 Å². The predicted molar refractivity (Wildman–Crippen MR) is 84.8 cm³/mol. The molecule has 0 radical (unpaired) electrons. The zero-order valence-corrected chi connectivity index (χ0v) is 12.8. The monoisotopic (exact) mass is 284 g/mol. The minimum absolute atomic E-state index is 0.271. The first-order chi connectivity index (χ1) is 10.2. The molecule has 1 aromatic carbocycles. The van der Waals surface area contributed by atoms with Crippen LogP contribution in [-0.2, 0) is 19.3 Å². The minimum atomic E-state index is 0.271. The Morgan fingerprint density at radius 1 is 1.24 bits per heavy atom. The Kier molecular flexibility index (Phi) is 4.08. The summed E-state index contributed by atoms with van der Waals surface area (Å²) in [7, 11) is 0. The molecule has 3 N–H and O–H groups in total. The van der Waals surface area contributed by atoms with Gasteiger partial charge in [0.05, 0.1) is 5.69 Å². The number of nitrogens with one attached hydrogen (secondary N) is 1. The molecule has 1 heterocycles. The molecule has 4 nitrogen and oxygen atoms in total. The minimum Gasteiger partial charge on any atom is -0.271 e. The summed E-state index contributed by atoms with van der Waals surface area (Å²) in [5, 5.41) is 4.64. The van der Waals surface area contributed by atoms with Crippen LogP contribution in [-0.4, -0.2) is 15.8 Å². The lowest BCUT2D eigenvalue weighted by Gasteiger charge is -2.21. The molecule has 1 aromatic heterocycles. The van der Waals surface area contributed by atoms with Crippen LogP contribution >= 0.6 is 0 Å². The molecule has 2 aromatic rings. The van der Waals surface area contributed by atoms with E-state index in [1.54, 1.807) is 0 Å². The molecule has 0 spiro atoms. The van der Waals surface area contributed by atoms with Crippen molar-refractivity contribution >= 4 is 0 Å². The Bertz CT molecular complexity index is 577. The third-order valence-electron chi connectivity index (χ3n) is 4.49. The van der Waals surface area contributed by atoms with Crippen LogP contribution in [0.5, 0.6) is 0 Å². The van der Waals surface area contributed by atoms with Gasteiger partial charge in [-0.3, -0.25) is 16.0 Å². The van der Waals surface area contributed by atoms with Crippen LogP contribution in [0.4, 0.5) is 0 Å². The van der Waals surface area contributed by atoms with E-state index in [0.29, 0.717) is 12.0 Å². The average Bonchev–Trinajstić information content (AvgIpc) is 3.11. The number of rotatable bonds is 5. The number of fused-ring (bicyclic) bond motifs is 1. The van der Waals surface area contributed by atoms with E-state index < -0.39 is 0 Å². The molecule has 3 rings (SSSR count). The number of hydrazine groups is 1. The van der Waals surface area contributed by atoms with Crippen molar-refractivity contribution in [3.63, 3.8) is 0 Å². The normalized spacial score (nSPS) is 16.4. The van der Waals surface area contributed by atoms with Gasteiger partial charge in [-0.2, -0.15) is 5.10 Å². The lowest BCUT2D eigenvalue weighted by Crippen LogP contribution is -2.43. The summed E-state index contributed by atoms with van der Waals surface area (Å²) in [5.41, 5.74) is 7.07. The zero-order chi connectivity index (χ0) is 14.8. The van der Waals surface area contributed by atoms with Crippen molar-refractivity contribution in [2.45, 2.75) is 45.2 Å². The second-order valence-corrected chi connectivity index (χ2v) is 6.30. The second kappa shape index (κ2) is 6.00. The Morgan fingerprint density at radius 2 is 1.90 bits per heavy atom. The van der Waals surface area contributed by atoms with E-state index in [0.717, 1.165) is 25.0 Å². The van der Waals surface area contributed by atoms with Crippen molar-refractivity contribution in [3.05, 3.63) is 53.3 Å². The molecule has 1 aliphatic carbocycles. The summed E-state index contributed by atoms with van der Waals surface area (Å²) in [5.74, 6) is 6.37. The molecule has 0 saturated heterocycles. The van der Waals surface area contributed by atoms with E-state index in [4.69, 9.17) is 5.84 Å². The molecular formula is C17H24N4. The summed E-state index contributed by atoms with van der Waals surface area (Å²) >= 11 is 0. The lowest BCUT2D eigenvalue weighted by molar-refractivity contribution is 0.362. The largest absolute Gasteiger partial charge is 0.271 e. The highest BCUT2D eigenvalue weighted by Crippen LogP contribution is 2.29. The highest BCUT2D eigenvalue weighted by atomic mass is 15.3. The molecule has 21 heavy (non-hydrogen) atoms. The molecule has 1 aliphatic rings. The van der Waals surface area contributed by atoms with Gasteiger partial charge in [-0.15, -0.1) is 0 Å². The first kappa shape index (κ1) is 14.3. The number of nitrogens with two attached hydrogens (primary N) is 1. The molecule has 0 aliphatic heterocycles. The van der Waals surface area contributed by atoms with Gasteiger partial charge in [0.2, 0.25) is 0 Å². The number of hydrogen-bond acceptors (Lipinski definition) is 3. The Hall–Kier alpha value is -1.65. The van der Waals surface area contributed by atoms with Crippen LogP contribution in [0.25, 0.3) is 0 Å². The first-order valence-electron chi connectivity index (χ1n) is 7.74. The maximum atomic E-state index is 5.82. The van der Waals surface area contributed by atoms with Gasteiger partial charge in [-0.05, 0) is 49.8 Å². The number of nitrogens with zero attached hydrogens (tertiary/aromatic N) is 2. The standard InChI is InChI=1S/C17H24N4/c1-12(2)21-8-7-16(20-21)11-17(19-18)15-9-13-5-3-4-6-14(13)10-15/h3-8,12,15,17,19H,9-11,18H2,1-2H3. The molecule has 1 unspecified atom stereocenters. The molecule has 1 atom stereocenters. The maximum Gasteiger partial charge on any atom is 0.0640 e. The van der Waals surface area contributed by atoms with Crippen LogP contribution in [0.15, 0.2) is 36.5 Å². The van der Waals surface area contributed by atoms with Gasteiger partial charge in [0, 0.05) is 24.7 Å². The van der Waals surface area contributed by atoms with Crippen LogP contribution in [0.3, 0.4) is 0 Å². The summed E-state index contributed by atoms with van der Waals surface area (Å²) < 4.78 is 2.01. The Morgan fingerprint density at radius 3 is 2.43 bits per heavy atom. The third-order valence-corrected chi connectivity index (χ3v) is 4.49. The van der Waals surface area contributed by atoms with E-state index in [2.05, 4.69) is 60.9 Å². The fourth-order valence-corrected chi connectivity index (χ4v) is 3.24. The van der Waals surface area contributed by atoms with E-state index in [1.807, 2.05) is 4.68 Å². The summed E-state index contributed by atoms with van der Waals surface area (Å²) in [6, 6.07) is 11.5. The molecule has 4 heteroatoms. The van der Waals surface area contributed by atoms with Gasteiger partial charge in [0.1, 0.15) is 0 Å². The fourth-order valence-electron chi connectivity index (χ4n) is 3.24.